The molecule has 0 radical (unpaired) electrons. The molecule has 0 aliphatic carbocycles. The first-order valence-corrected chi connectivity index (χ1v) is 10.0. The summed E-state index contributed by atoms with van der Waals surface area (Å²) in [6, 6.07) is 7.48. The third-order valence-electron chi connectivity index (χ3n) is 4.54. The summed E-state index contributed by atoms with van der Waals surface area (Å²) in [5.74, 6) is 0.930. The zero-order valence-corrected chi connectivity index (χ0v) is 15.1. The van der Waals surface area contributed by atoms with Crippen LogP contribution in [0.1, 0.15) is 24.3 Å². The van der Waals surface area contributed by atoms with Crippen LogP contribution in [0.15, 0.2) is 28.7 Å². The minimum Gasteiger partial charge on any atom is -0.421 e. The molecule has 0 N–H and O–H groups in total. The Morgan fingerprint density at radius 3 is 2.76 bits per heavy atom. The Hall–Kier alpha value is -2.22. The van der Waals surface area contributed by atoms with Crippen LogP contribution in [0.5, 0.6) is 0 Å². The molecule has 1 fully saturated rings. The van der Waals surface area contributed by atoms with Crippen molar-refractivity contribution in [3.05, 3.63) is 35.7 Å². The molecule has 3 rings (SSSR count). The highest BCUT2D eigenvalue weighted by Gasteiger charge is 2.32. The fourth-order valence-corrected chi connectivity index (χ4v) is 4.73. The van der Waals surface area contributed by atoms with Crippen LogP contribution >= 0.6 is 0 Å². The fourth-order valence-electron chi connectivity index (χ4n) is 2.95. The van der Waals surface area contributed by atoms with E-state index in [-0.39, 0.29) is 29.9 Å². The highest BCUT2D eigenvalue weighted by molar-refractivity contribution is 7.91. The number of rotatable bonds is 5. The Morgan fingerprint density at radius 2 is 2.08 bits per heavy atom. The molecule has 25 heavy (non-hydrogen) atoms. The van der Waals surface area contributed by atoms with E-state index in [9.17, 15) is 13.2 Å². The molecule has 1 unspecified atom stereocenters. The molecule has 1 aliphatic rings. The van der Waals surface area contributed by atoms with E-state index in [0.29, 0.717) is 24.6 Å². The lowest BCUT2D eigenvalue weighted by molar-refractivity contribution is -0.131. The van der Waals surface area contributed by atoms with E-state index >= 15 is 0 Å². The van der Waals surface area contributed by atoms with Gasteiger partial charge < -0.3 is 9.32 Å². The van der Waals surface area contributed by atoms with Gasteiger partial charge in [-0.3, -0.25) is 4.79 Å². The first-order valence-electron chi connectivity index (χ1n) is 8.20. The van der Waals surface area contributed by atoms with Crippen molar-refractivity contribution in [1.29, 1.82) is 0 Å². The van der Waals surface area contributed by atoms with Gasteiger partial charge in [-0.1, -0.05) is 18.2 Å². The van der Waals surface area contributed by atoms with Crippen molar-refractivity contribution >= 4 is 15.7 Å². The second-order valence-electron chi connectivity index (χ2n) is 6.38. The lowest BCUT2D eigenvalue weighted by Gasteiger charge is -2.23. The first kappa shape index (κ1) is 17.6. The largest absolute Gasteiger partial charge is 0.421 e. The van der Waals surface area contributed by atoms with Gasteiger partial charge in [-0.15, -0.1) is 10.2 Å². The number of carbonyl (C=O) groups excluding carboxylic acids is 1. The minimum absolute atomic E-state index is 0.0488. The molecule has 1 amide bonds. The molecule has 0 spiro atoms. The average molecular weight is 363 g/mol. The summed E-state index contributed by atoms with van der Waals surface area (Å²) < 4.78 is 28.7. The third kappa shape index (κ3) is 4.07. The number of benzene rings is 1. The van der Waals surface area contributed by atoms with E-state index in [1.165, 1.54) is 4.90 Å². The van der Waals surface area contributed by atoms with Gasteiger partial charge in [0.15, 0.2) is 9.84 Å². The van der Waals surface area contributed by atoms with Crippen LogP contribution in [0.4, 0.5) is 0 Å². The zero-order valence-electron chi connectivity index (χ0n) is 14.3. The maximum Gasteiger partial charge on any atom is 0.247 e. The molecule has 134 valence electrons. The second kappa shape index (κ2) is 6.95. The predicted octanol–water partition coefficient (Wildman–Crippen LogP) is 1.62. The van der Waals surface area contributed by atoms with Gasteiger partial charge in [-0.05, 0) is 25.0 Å². The number of aryl methyl sites for hydroxylation is 2. The van der Waals surface area contributed by atoms with Crippen LogP contribution in [0.25, 0.3) is 11.5 Å². The fraction of sp³-hybridized carbons (Fsp3) is 0.471. The van der Waals surface area contributed by atoms with Gasteiger partial charge in [-0.25, -0.2) is 8.42 Å². The maximum absolute atomic E-state index is 12.3. The number of hydrogen-bond donors (Lipinski definition) is 0. The Morgan fingerprint density at radius 1 is 1.32 bits per heavy atom. The summed E-state index contributed by atoms with van der Waals surface area (Å²) in [6.45, 7) is 1.97. The van der Waals surface area contributed by atoms with E-state index in [0.717, 1.165) is 11.1 Å². The number of sulfone groups is 1. The van der Waals surface area contributed by atoms with Crippen molar-refractivity contribution in [2.24, 2.45) is 0 Å². The van der Waals surface area contributed by atoms with E-state index in [1.54, 1.807) is 7.05 Å². The van der Waals surface area contributed by atoms with Gasteiger partial charge in [0.25, 0.3) is 0 Å². The predicted molar refractivity (Wildman–Crippen MR) is 92.6 cm³/mol. The monoisotopic (exact) mass is 363 g/mol. The summed E-state index contributed by atoms with van der Waals surface area (Å²) in [5.41, 5.74) is 1.91. The van der Waals surface area contributed by atoms with Crippen LogP contribution in [0, 0.1) is 6.92 Å². The first-order chi connectivity index (χ1) is 11.9. The normalized spacial score (nSPS) is 19.0. The van der Waals surface area contributed by atoms with Crippen LogP contribution in [0.2, 0.25) is 0 Å². The van der Waals surface area contributed by atoms with E-state index in [2.05, 4.69) is 10.2 Å². The SMILES string of the molecule is Cc1ccccc1-c1nnc(CCC(=O)N(C)C2CCS(=O)(=O)C2)o1. The lowest BCUT2D eigenvalue weighted by Crippen LogP contribution is -2.37. The van der Waals surface area contributed by atoms with Gasteiger partial charge in [0, 0.05) is 31.5 Å². The summed E-state index contributed by atoms with van der Waals surface area (Å²) in [7, 11) is -1.35. The van der Waals surface area contributed by atoms with Crippen molar-refractivity contribution in [3.63, 3.8) is 0 Å². The van der Waals surface area contributed by atoms with E-state index < -0.39 is 9.84 Å². The summed E-state index contributed by atoms with van der Waals surface area (Å²) in [4.78, 5) is 13.8. The number of hydrogen-bond acceptors (Lipinski definition) is 6. The lowest BCUT2D eigenvalue weighted by atomic mass is 10.1. The Kier molecular flexibility index (Phi) is 4.89. The summed E-state index contributed by atoms with van der Waals surface area (Å²) >= 11 is 0. The molecule has 0 bridgehead atoms. The summed E-state index contributed by atoms with van der Waals surface area (Å²) in [6.07, 6.45) is 1.05. The van der Waals surface area contributed by atoms with Crippen LogP contribution in [-0.4, -0.2) is 54.0 Å². The van der Waals surface area contributed by atoms with Crippen molar-refractivity contribution in [2.45, 2.75) is 32.2 Å². The van der Waals surface area contributed by atoms with Crippen molar-refractivity contribution < 1.29 is 17.6 Å². The van der Waals surface area contributed by atoms with Crippen LogP contribution in [-0.2, 0) is 21.1 Å². The van der Waals surface area contributed by atoms with Gasteiger partial charge in [0.2, 0.25) is 17.7 Å². The smallest absolute Gasteiger partial charge is 0.247 e. The van der Waals surface area contributed by atoms with Crippen LogP contribution < -0.4 is 0 Å². The van der Waals surface area contributed by atoms with Crippen molar-refractivity contribution in [3.8, 4) is 11.5 Å². The highest BCUT2D eigenvalue weighted by Crippen LogP contribution is 2.22. The quantitative estimate of drug-likeness (QED) is 0.801. The van der Waals surface area contributed by atoms with E-state index in [1.807, 2.05) is 31.2 Å². The van der Waals surface area contributed by atoms with Gasteiger partial charge in [-0.2, -0.15) is 0 Å². The highest BCUT2D eigenvalue weighted by atomic mass is 32.2. The van der Waals surface area contributed by atoms with Crippen molar-refractivity contribution in [1.82, 2.24) is 15.1 Å². The maximum atomic E-state index is 12.3. The number of aromatic nitrogens is 2. The second-order valence-corrected chi connectivity index (χ2v) is 8.61. The van der Waals surface area contributed by atoms with Gasteiger partial charge >= 0.3 is 0 Å². The average Bonchev–Trinajstić information content (AvgIpc) is 3.18. The number of amides is 1. The number of carbonyl (C=O) groups is 1. The molecular weight excluding hydrogens is 342 g/mol. The summed E-state index contributed by atoms with van der Waals surface area (Å²) in [5, 5.41) is 8.05. The molecule has 2 aromatic rings. The topological polar surface area (TPSA) is 93.4 Å². The molecular formula is C17H21N3O4S. The van der Waals surface area contributed by atoms with Gasteiger partial charge in [0.1, 0.15) is 0 Å². The molecule has 8 heteroatoms. The van der Waals surface area contributed by atoms with Crippen molar-refractivity contribution in [2.75, 3.05) is 18.6 Å². The molecule has 1 atom stereocenters. The van der Waals surface area contributed by atoms with E-state index in [4.69, 9.17) is 4.42 Å². The molecule has 1 aromatic heterocycles. The number of nitrogens with zero attached hydrogens (tertiary/aromatic N) is 3. The van der Waals surface area contributed by atoms with Gasteiger partial charge in [0.05, 0.1) is 11.5 Å². The third-order valence-corrected chi connectivity index (χ3v) is 6.29. The standard InChI is InChI=1S/C17H21N3O4S/c1-12-5-3-4-6-14(12)17-19-18-15(24-17)7-8-16(21)20(2)13-9-10-25(22,23)11-13/h3-6,13H,7-11H2,1-2H3. The molecule has 2 heterocycles. The van der Waals surface area contributed by atoms with Crippen LogP contribution in [0.3, 0.4) is 0 Å². The molecule has 1 aromatic carbocycles. The molecule has 0 saturated carbocycles. The molecule has 7 nitrogen and oxygen atoms in total. The molecule has 1 saturated heterocycles. The Balaban J connectivity index is 1.59. The zero-order chi connectivity index (χ0) is 18.0. The Bertz CT molecular complexity index is 876. The minimum atomic E-state index is -3.01. The molecule has 1 aliphatic heterocycles. The Labute approximate surface area is 147 Å².